The fourth-order valence-electron chi connectivity index (χ4n) is 5.11. The highest BCUT2D eigenvalue weighted by molar-refractivity contribution is 7.07. The van der Waals surface area contributed by atoms with Crippen molar-refractivity contribution in [1.29, 1.82) is 0 Å². The van der Waals surface area contributed by atoms with Gasteiger partial charge >= 0.3 is 0 Å². The first kappa shape index (κ1) is 23.7. The molecule has 2 atom stereocenters. The number of carbonyl (C=O) groups is 1. The number of rotatable bonds is 8. The number of amides is 1. The molecule has 0 spiro atoms. The molecule has 3 nitrogen and oxygen atoms in total. The molecule has 0 saturated carbocycles. The smallest absolute Gasteiger partial charge is 0.253 e. The summed E-state index contributed by atoms with van der Waals surface area (Å²) >= 11 is 1.76. The minimum Gasteiger partial charge on any atom is -0.338 e. The number of benzene rings is 2. The molecule has 4 rings (SSSR count). The van der Waals surface area contributed by atoms with Gasteiger partial charge in [0.25, 0.3) is 5.91 Å². The van der Waals surface area contributed by atoms with Crippen LogP contribution in [0.1, 0.15) is 52.4 Å². The Bertz CT molecular complexity index is 1040. The third-order valence-electron chi connectivity index (χ3n) is 6.72. The van der Waals surface area contributed by atoms with Crippen molar-refractivity contribution in [3.05, 3.63) is 93.2 Å². The molecule has 1 aliphatic rings. The molecule has 2 heterocycles. The van der Waals surface area contributed by atoms with Crippen LogP contribution in [0, 0.1) is 25.7 Å². The van der Waals surface area contributed by atoms with E-state index in [0.717, 1.165) is 38.3 Å². The summed E-state index contributed by atoms with van der Waals surface area (Å²) in [5.41, 5.74) is 6.15. The SMILES string of the molecule is Cc1ccc(C(=O)N(CC(C)C)CC2CN(Cc3ccsc3)CC2c2ccccc2C)cc1. The van der Waals surface area contributed by atoms with Gasteiger partial charge in [0.1, 0.15) is 0 Å². The van der Waals surface area contributed by atoms with Gasteiger partial charge in [-0.2, -0.15) is 11.3 Å². The van der Waals surface area contributed by atoms with Gasteiger partial charge < -0.3 is 4.90 Å². The number of aryl methyl sites for hydroxylation is 2. The minimum atomic E-state index is 0.156. The number of likely N-dealkylation sites (tertiary alicyclic amines) is 1. The highest BCUT2D eigenvalue weighted by atomic mass is 32.1. The zero-order valence-corrected chi connectivity index (χ0v) is 21.1. The number of carbonyl (C=O) groups excluding carboxylic acids is 1. The number of hydrogen-bond acceptors (Lipinski definition) is 3. The molecular formula is C29H36N2OS. The number of hydrogen-bond donors (Lipinski definition) is 0. The maximum atomic E-state index is 13.5. The van der Waals surface area contributed by atoms with Crippen molar-refractivity contribution in [2.45, 2.75) is 40.2 Å². The molecule has 0 radical (unpaired) electrons. The third-order valence-corrected chi connectivity index (χ3v) is 7.45. The monoisotopic (exact) mass is 460 g/mol. The van der Waals surface area contributed by atoms with Crippen molar-refractivity contribution in [2.24, 2.45) is 11.8 Å². The summed E-state index contributed by atoms with van der Waals surface area (Å²) in [7, 11) is 0. The van der Waals surface area contributed by atoms with Gasteiger partial charge in [-0.3, -0.25) is 9.69 Å². The largest absolute Gasteiger partial charge is 0.338 e. The minimum absolute atomic E-state index is 0.156. The highest BCUT2D eigenvalue weighted by Gasteiger charge is 2.36. The Morgan fingerprint density at radius 2 is 1.82 bits per heavy atom. The lowest BCUT2D eigenvalue weighted by Crippen LogP contribution is -2.39. The van der Waals surface area contributed by atoms with Crippen LogP contribution in [0.5, 0.6) is 0 Å². The molecule has 174 valence electrons. The molecule has 2 aromatic carbocycles. The molecule has 1 saturated heterocycles. The first-order chi connectivity index (χ1) is 15.9. The normalized spacial score (nSPS) is 18.7. The summed E-state index contributed by atoms with van der Waals surface area (Å²) in [5, 5.41) is 4.41. The molecular weight excluding hydrogens is 424 g/mol. The molecule has 0 N–H and O–H groups in total. The van der Waals surface area contributed by atoms with Crippen LogP contribution in [0.15, 0.2) is 65.4 Å². The van der Waals surface area contributed by atoms with E-state index in [1.165, 1.54) is 22.3 Å². The summed E-state index contributed by atoms with van der Waals surface area (Å²) < 4.78 is 0. The molecule has 1 aromatic heterocycles. The number of nitrogens with zero attached hydrogens (tertiary/aromatic N) is 2. The quantitative estimate of drug-likeness (QED) is 0.389. The van der Waals surface area contributed by atoms with Crippen LogP contribution < -0.4 is 0 Å². The Labute approximate surface area is 203 Å². The van der Waals surface area contributed by atoms with Gasteiger partial charge in [-0.25, -0.2) is 0 Å². The van der Waals surface area contributed by atoms with Crippen molar-refractivity contribution >= 4 is 17.2 Å². The molecule has 3 aromatic rings. The molecule has 1 fully saturated rings. The van der Waals surface area contributed by atoms with Gasteiger partial charge in [0, 0.05) is 44.2 Å². The van der Waals surface area contributed by atoms with Crippen molar-refractivity contribution in [3.8, 4) is 0 Å². The standard InChI is InChI=1S/C29H36N2OS/c1-21(2)15-31(29(32)25-11-9-22(3)10-12-25)18-26-17-30(16-24-13-14-33-20-24)19-28(26)27-8-6-5-7-23(27)4/h5-14,20-21,26,28H,15-19H2,1-4H3. The lowest BCUT2D eigenvalue weighted by atomic mass is 9.86. The Morgan fingerprint density at radius 3 is 2.48 bits per heavy atom. The topological polar surface area (TPSA) is 23.6 Å². The van der Waals surface area contributed by atoms with Gasteiger partial charge in [-0.05, 0) is 71.3 Å². The van der Waals surface area contributed by atoms with Crippen molar-refractivity contribution < 1.29 is 4.79 Å². The van der Waals surface area contributed by atoms with Crippen LogP contribution in [0.3, 0.4) is 0 Å². The Morgan fingerprint density at radius 1 is 1.06 bits per heavy atom. The summed E-state index contributed by atoms with van der Waals surface area (Å²) in [5.74, 6) is 1.44. The fraction of sp³-hybridized carbons (Fsp3) is 0.414. The summed E-state index contributed by atoms with van der Waals surface area (Å²) in [4.78, 5) is 18.2. The van der Waals surface area contributed by atoms with Gasteiger partial charge in [0.15, 0.2) is 0 Å². The van der Waals surface area contributed by atoms with Crippen molar-refractivity contribution in [2.75, 3.05) is 26.2 Å². The first-order valence-corrected chi connectivity index (χ1v) is 13.0. The summed E-state index contributed by atoms with van der Waals surface area (Å²) in [6, 6.07) is 19.0. The van der Waals surface area contributed by atoms with E-state index in [1.807, 2.05) is 24.3 Å². The van der Waals surface area contributed by atoms with Crippen LogP contribution in [-0.4, -0.2) is 41.9 Å². The van der Waals surface area contributed by atoms with Crippen LogP contribution in [0.4, 0.5) is 0 Å². The fourth-order valence-corrected chi connectivity index (χ4v) is 5.77. The maximum absolute atomic E-state index is 13.5. The van der Waals surface area contributed by atoms with E-state index >= 15 is 0 Å². The zero-order chi connectivity index (χ0) is 23.4. The Kier molecular flexibility index (Phi) is 7.67. The number of thiophene rings is 1. The Balaban J connectivity index is 1.59. The predicted molar refractivity (Wildman–Crippen MR) is 139 cm³/mol. The first-order valence-electron chi connectivity index (χ1n) is 12.1. The predicted octanol–water partition coefficient (Wildman–Crippen LogP) is 6.38. The molecule has 0 bridgehead atoms. The van der Waals surface area contributed by atoms with E-state index in [-0.39, 0.29) is 5.91 Å². The second-order valence-corrected chi connectivity index (χ2v) is 10.8. The van der Waals surface area contributed by atoms with Gasteiger partial charge in [0.2, 0.25) is 0 Å². The van der Waals surface area contributed by atoms with Crippen LogP contribution in [0.2, 0.25) is 0 Å². The molecule has 1 aliphatic heterocycles. The van der Waals surface area contributed by atoms with Gasteiger partial charge in [-0.1, -0.05) is 55.8 Å². The molecule has 33 heavy (non-hydrogen) atoms. The van der Waals surface area contributed by atoms with E-state index in [2.05, 4.69) is 78.6 Å². The molecule has 2 unspecified atom stereocenters. The third kappa shape index (κ3) is 5.93. The van der Waals surface area contributed by atoms with Crippen molar-refractivity contribution in [1.82, 2.24) is 9.80 Å². The van der Waals surface area contributed by atoms with Gasteiger partial charge in [0.05, 0.1) is 0 Å². The zero-order valence-electron chi connectivity index (χ0n) is 20.3. The van der Waals surface area contributed by atoms with Gasteiger partial charge in [-0.15, -0.1) is 0 Å². The van der Waals surface area contributed by atoms with Crippen LogP contribution in [0.25, 0.3) is 0 Å². The van der Waals surface area contributed by atoms with E-state index < -0.39 is 0 Å². The van der Waals surface area contributed by atoms with E-state index in [1.54, 1.807) is 11.3 Å². The lowest BCUT2D eigenvalue weighted by Gasteiger charge is -2.30. The molecule has 1 amide bonds. The second kappa shape index (κ2) is 10.7. The average molecular weight is 461 g/mol. The van der Waals surface area contributed by atoms with E-state index in [4.69, 9.17) is 0 Å². The van der Waals surface area contributed by atoms with Crippen LogP contribution >= 0.6 is 11.3 Å². The van der Waals surface area contributed by atoms with Crippen LogP contribution in [-0.2, 0) is 6.54 Å². The molecule has 4 heteroatoms. The van der Waals surface area contributed by atoms with Crippen molar-refractivity contribution in [3.63, 3.8) is 0 Å². The Hall–Kier alpha value is -2.43. The average Bonchev–Trinajstić information content (AvgIpc) is 3.43. The lowest BCUT2D eigenvalue weighted by molar-refractivity contribution is 0.0703. The van der Waals surface area contributed by atoms with E-state index in [0.29, 0.717) is 17.8 Å². The maximum Gasteiger partial charge on any atom is 0.253 e. The summed E-state index contributed by atoms with van der Waals surface area (Å²) in [6.45, 7) is 13.3. The molecule has 0 aliphatic carbocycles. The van der Waals surface area contributed by atoms with E-state index in [9.17, 15) is 4.79 Å². The highest BCUT2D eigenvalue weighted by Crippen LogP contribution is 2.36. The summed E-state index contributed by atoms with van der Waals surface area (Å²) in [6.07, 6.45) is 0. The second-order valence-electron chi connectivity index (χ2n) is 10.0.